The van der Waals surface area contributed by atoms with Gasteiger partial charge in [0.15, 0.2) is 9.84 Å². The van der Waals surface area contributed by atoms with Gasteiger partial charge in [0.25, 0.3) is 0 Å². The van der Waals surface area contributed by atoms with E-state index >= 15 is 0 Å². The van der Waals surface area contributed by atoms with Crippen molar-refractivity contribution in [3.8, 4) is 23.3 Å². The Kier molecular flexibility index (Phi) is 6.48. The molecule has 0 saturated heterocycles. The number of hydrogen-bond donors (Lipinski definition) is 0. The van der Waals surface area contributed by atoms with E-state index in [2.05, 4.69) is 12.6 Å². The van der Waals surface area contributed by atoms with Crippen molar-refractivity contribution in [2.75, 3.05) is 12.9 Å². The molecule has 6 nitrogen and oxygen atoms in total. The highest BCUT2D eigenvalue weighted by Gasteiger charge is 2.10. The Hall–Kier alpha value is -2.98. The number of ether oxygens (including phenoxy) is 3. The molecule has 2 aromatic rings. The zero-order valence-electron chi connectivity index (χ0n) is 15.4. The molecule has 0 amide bonds. The van der Waals surface area contributed by atoms with E-state index in [0.29, 0.717) is 35.2 Å². The van der Waals surface area contributed by atoms with Crippen LogP contribution in [0.4, 0.5) is 0 Å². The smallest absolute Gasteiger partial charge is 0.175 e. The lowest BCUT2D eigenvalue weighted by atomic mass is 10.2. The van der Waals surface area contributed by atoms with E-state index in [1.165, 1.54) is 12.1 Å². The predicted molar refractivity (Wildman–Crippen MR) is 102 cm³/mol. The lowest BCUT2D eigenvalue weighted by Crippen LogP contribution is -2.18. The first-order valence-corrected chi connectivity index (χ1v) is 10.0. The Morgan fingerprint density at radius 3 is 2.33 bits per heavy atom. The normalized spacial score (nSPS) is 11.9. The van der Waals surface area contributed by atoms with Crippen molar-refractivity contribution in [1.82, 2.24) is 0 Å². The van der Waals surface area contributed by atoms with Gasteiger partial charge in [-0.05, 0) is 50.2 Å². The second kappa shape index (κ2) is 8.60. The van der Waals surface area contributed by atoms with Gasteiger partial charge in [-0.2, -0.15) is 5.26 Å². The van der Waals surface area contributed by atoms with Crippen LogP contribution < -0.4 is 9.47 Å². The van der Waals surface area contributed by atoms with Gasteiger partial charge in [0.05, 0.1) is 22.3 Å². The topological polar surface area (TPSA) is 85.6 Å². The van der Waals surface area contributed by atoms with Gasteiger partial charge < -0.3 is 14.2 Å². The van der Waals surface area contributed by atoms with E-state index in [9.17, 15) is 13.7 Å². The maximum Gasteiger partial charge on any atom is 0.175 e. The highest BCUT2D eigenvalue weighted by atomic mass is 32.2. The molecule has 1 atom stereocenters. The molecule has 0 aliphatic carbocycles. The number of allylic oxidation sites excluding steroid dienone is 1. The van der Waals surface area contributed by atoms with Crippen LogP contribution in [0.25, 0.3) is 0 Å². The van der Waals surface area contributed by atoms with E-state index in [0.717, 1.165) is 6.26 Å². The predicted octanol–water partition coefficient (Wildman–Crippen LogP) is 4.07. The minimum atomic E-state index is -3.27. The molecule has 0 saturated carbocycles. The van der Waals surface area contributed by atoms with Crippen molar-refractivity contribution in [3.05, 3.63) is 60.4 Å². The number of nitrogens with zero attached hydrogens (tertiary/aromatic N) is 1. The summed E-state index contributed by atoms with van der Waals surface area (Å²) in [5.74, 6) is 1.92. The van der Waals surface area contributed by atoms with Crippen molar-refractivity contribution < 1.29 is 22.6 Å². The van der Waals surface area contributed by atoms with E-state index in [4.69, 9.17) is 14.2 Å². The van der Waals surface area contributed by atoms with E-state index < -0.39 is 9.84 Å². The van der Waals surface area contributed by atoms with Crippen LogP contribution in [0.15, 0.2) is 59.7 Å². The second-order valence-electron chi connectivity index (χ2n) is 6.09. The van der Waals surface area contributed by atoms with Crippen molar-refractivity contribution in [1.29, 1.82) is 5.26 Å². The largest absolute Gasteiger partial charge is 0.495 e. The SMILES string of the molecule is C=C(C)OC[C@H](C)Oc1cc(C#N)cc(Oc2ccc(S(C)(=O)=O)cc2)c1. The molecule has 27 heavy (non-hydrogen) atoms. The van der Waals surface area contributed by atoms with Crippen LogP contribution in [-0.2, 0) is 14.6 Å². The van der Waals surface area contributed by atoms with E-state index in [1.807, 2.05) is 6.92 Å². The summed E-state index contributed by atoms with van der Waals surface area (Å²) in [5, 5.41) is 9.22. The highest BCUT2D eigenvalue weighted by molar-refractivity contribution is 7.90. The van der Waals surface area contributed by atoms with Crippen LogP contribution in [-0.4, -0.2) is 27.4 Å². The van der Waals surface area contributed by atoms with Crippen molar-refractivity contribution in [2.45, 2.75) is 24.8 Å². The average molecular weight is 387 g/mol. The molecule has 142 valence electrons. The quantitative estimate of drug-likeness (QED) is 0.635. The lowest BCUT2D eigenvalue weighted by Gasteiger charge is -2.16. The third-order valence-corrected chi connectivity index (χ3v) is 4.53. The third kappa shape index (κ3) is 6.35. The molecule has 0 radical (unpaired) electrons. The molecule has 7 heteroatoms. The Balaban J connectivity index is 2.17. The molecule has 0 fully saturated rings. The van der Waals surface area contributed by atoms with Crippen LogP contribution in [0.3, 0.4) is 0 Å². The van der Waals surface area contributed by atoms with Crippen molar-refractivity contribution in [2.24, 2.45) is 0 Å². The molecule has 0 bridgehead atoms. The first-order valence-electron chi connectivity index (χ1n) is 8.15. The summed E-state index contributed by atoms with van der Waals surface area (Å²) in [6, 6.07) is 12.9. The Morgan fingerprint density at radius 2 is 1.78 bits per heavy atom. The number of rotatable bonds is 8. The van der Waals surface area contributed by atoms with Gasteiger partial charge in [-0.15, -0.1) is 0 Å². The van der Waals surface area contributed by atoms with Gasteiger partial charge in [0.1, 0.15) is 30.0 Å². The first kappa shape index (κ1) is 20.3. The molecule has 0 spiro atoms. The minimum absolute atomic E-state index is 0.205. The van der Waals surface area contributed by atoms with E-state index in [1.54, 1.807) is 37.3 Å². The molecule has 2 aromatic carbocycles. The molecule has 0 aliphatic rings. The Labute approximate surface area is 159 Å². The van der Waals surface area contributed by atoms with Gasteiger partial charge in [-0.25, -0.2) is 8.42 Å². The summed E-state index contributed by atoms with van der Waals surface area (Å²) < 4.78 is 39.9. The fourth-order valence-corrected chi connectivity index (χ4v) is 2.81. The molecule has 2 rings (SSSR count). The summed E-state index contributed by atoms with van der Waals surface area (Å²) in [4.78, 5) is 0.205. The van der Waals surface area contributed by atoms with Crippen molar-refractivity contribution >= 4 is 9.84 Å². The van der Waals surface area contributed by atoms with E-state index in [-0.39, 0.29) is 11.0 Å². The van der Waals surface area contributed by atoms with Gasteiger partial charge in [0.2, 0.25) is 0 Å². The molecule has 0 unspecified atom stereocenters. The number of hydrogen-bond acceptors (Lipinski definition) is 6. The average Bonchev–Trinajstić information content (AvgIpc) is 2.59. The van der Waals surface area contributed by atoms with Crippen LogP contribution in [0.1, 0.15) is 19.4 Å². The number of nitriles is 1. The second-order valence-corrected chi connectivity index (χ2v) is 8.11. The summed E-state index contributed by atoms with van der Waals surface area (Å²) in [7, 11) is -3.27. The van der Waals surface area contributed by atoms with Crippen molar-refractivity contribution in [3.63, 3.8) is 0 Å². The van der Waals surface area contributed by atoms with Crippen LogP contribution >= 0.6 is 0 Å². The molecule has 0 aliphatic heterocycles. The standard InChI is InChI=1S/C20H21NO5S/c1-14(2)24-13-15(3)25-18-9-16(12-21)10-19(11-18)26-17-5-7-20(8-6-17)27(4,22)23/h5-11,15H,1,13H2,2-4H3/t15-/m0/s1. The van der Waals surface area contributed by atoms with Gasteiger partial charge in [-0.3, -0.25) is 0 Å². The summed E-state index contributed by atoms with van der Waals surface area (Å²) in [6.45, 7) is 7.59. The third-order valence-electron chi connectivity index (χ3n) is 3.40. The van der Waals surface area contributed by atoms with Gasteiger partial charge in [-0.1, -0.05) is 6.58 Å². The number of benzene rings is 2. The molecule has 0 N–H and O–H groups in total. The molecule has 0 heterocycles. The highest BCUT2D eigenvalue weighted by Crippen LogP contribution is 2.28. The molecular weight excluding hydrogens is 366 g/mol. The first-order chi connectivity index (χ1) is 12.7. The van der Waals surface area contributed by atoms with Gasteiger partial charge >= 0.3 is 0 Å². The maximum absolute atomic E-state index is 11.5. The fraction of sp³-hybridized carbons (Fsp3) is 0.250. The molecule has 0 aromatic heterocycles. The summed E-state index contributed by atoms with van der Waals surface area (Å²) >= 11 is 0. The van der Waals surface area contributed by atoms with Crippen LogP contribution in [0.2, 0.25) is 0 Å². The van der Waals surface area contributed by atoms with Crippen LogP contribution in [0.5, 0.6) is 17.2 Å². The summed E-state index contributed by atoms with van der Waals surface area (Å²) in [5.41, 5.74) is 0.378. The summed E-state index contributed by atoms with van der Waals surface area (Å²) in [6.07, 6.45) is 0.888. The molecular formula is C20H21NO5S. The van der Waals surface area contributed by atoms with Gasteiger partial charge in [0, 0.05) is 12.3 Å². The fourth-order valence-electron chi connectivity index (χ4n) is 2.18. The monoisotopic (exact) mass is 387 g/mol. The zero-order valence-corrected chi connectivity index (χ0v) is 16.2. The van der Waals surface area contributed by atoms with Crippen LogP contribution in [0, 0.1) is 11.3 Å². The zero-order chi connectivity index (χ0) is 20.0. The number of sulfone groups is 1. The minimum Gasteiger partial charge on any atom is -0.495 e. The maximum atomic E-state index is 11.5. The Morgan fingerprint density at radius 1 is 1.15 bits per heavy atom. The lowest BCUT2D eigenvalue weighted by molar-refractivity contribution is 0.101. The Bertz CT molecular complexity index is 959.